The maximum absolute atomic E-state index is 12.2. The Labute approximate surface area is 118 Å². The van der Waals surface area contributed by atoms with Crippen LogP contribution < -0.4 is 5.32 Å². The first-order chi connectivity index (χ1) is 9.63. The summed E-state index contributed by atoms with van der Waals surface area (Å²) < 4.78 is 1.79. The van der Waals surface area contributed by atoms with Gasteiger partial charge < -0.3 is 10.2 Å². The molecule has 1 aliphatic carbocycles. The number of nitrogens with zero attached hydrogens (tertiary/aromatic N) is 3. The Balaban J connectivity index is 1.50. The van der Waals surface area contributed by atoms with Crippen molar-refractivity contribution in [3.8, 4) is 0 Å². The van der Waals surface area contributed by atoms with Gasteiger partial charge >= 0.3 is 0 Å². The number of amides is 2. The largest absolute Gasteiger partial charge is 0.351 e. The molecular formula is C14H20N4O2. The molecule has 2 amide bonds. The van der Waals surface area contributed by atoms with Gasteiger partial charge in [-0.05, 0) is 25.8 Å². The Hall–Kier alpha value is -1.85. The van der Waals surface area contributed by atoms with Crippen molar-refractivity contribution in [3.05, 3.63) is 18.5 Å². The van der Waals surface area contributed by atoms with Gasteiger partial charge in [0.25, 0.3) is 0 Å². The summed E-state index contributed by atoms with van der Waals surface area (Å²) in [6, 6.07) is 2.27. The van der Waals surface area contributed by atoms with Gasteiger partial charge in [0.15, 0.2) is 0 Å². The Kier molecular flexibility index (Phi) is 3.46. The highest BCUT2D eigenvalue weighted by Gasteiger charge is 2.41. The van der Waals surface area contributed by atoms with Crippen molar-refractivity contribution in [1.29, 1.82) is 0 Å². The van der Waals surface area contributed by atoms with Crippen LogP contribution in [0.15, 0.2) is 18.5 Å². The van der Waals surface area contributed by atoms with E-state index in [1.165, 1.54) is 0 Å². The molecule has 2 fully saturated rings. The summed E-state index contributed by atoms with van der Waals surface area (Å²) in [7, 11) is 0. The Morgan fingerprint density at radius 1 is 1.55 bits per heavy atom. The zero-order chi connectivity index (χ0) is 14.1. The van der Waals surface area contributed by atoms with Crippen molar-refractivity contribution in [2.24, 2.45) is 5.92 Å². The fourth-order valence-electron chi connectivity index (χ4n) is 2.74. The predicted octanol–water partition coefficient (Wildman–Crippen LogP) is 0.399. The minimum Gasteiger partial charge on any atom is -0.351 e. The number of aromatic nitrogens is 2. The molecule has 3 rings (SSSR count). The molecule has 0 spiro atoms. The fraction of sp³-hybridized carbons (Fsp3) is 0.643. The average molecular weight is 276 g/mol. The van der Waals surface area contributed by atoms with Crippen LogP contribution in [-0.2, 0) is 16.1 Å². The summed E-state index contributed by atoms with van der Waals surface area (Å²) in [6.45, 7) is 3.19. The van der Waals surface area contributed by atoms with E-state index in [0.717, 1.165) is 12.8 Å². The van der Waals surface area contributed by atoms with Gasteiger partial charge in [0.05, 0.1) is 12.5 Å². The molecule has 0 unspecified atom stereocenters. The second-order valence-electron chi connectivity index (χ2n) is 5.82. The van der Waals surface area contributed by atoms with Gasteiger partial charge in [0.1, 0.15) is 0 Å². The van der Waals surface area contributed by atoms with Gasteiger partial charge in [0.2, 0.25) is 11.8 Å². The first kappa shape index (κ1) is 13.1. The average Bonchev–Trinajstić information content (AvgIpc) is 2.97. The van der Waals surface area contributed by atoms with Crippen molar-refractivity contribution < 1.29 is 9.59 Å². The van der Waals surface area contributed by atoms with Crippen LogP contribution in [0, 0.1) is 5.92 Å². The zero-order valence-corrected chi connectivity index (χ0v) is 11.7. The summed E-state index contributed by atoms with van der Waals surface area (Å²) in [5.74, 6) is -0.0725. The maximum atomic E-state index is 12.2. The van der Waals surface area contributed by atoms with Crippen molar-refractivity contribution in [1.82, 2.24) is 20.0 Å². The monoisotopic (exact) mass is 276 g/mol. The summed E-state index contributed by atoms with van der Waals surface area (Å²) in [4.78, 5) is 25.9. The third-order valence-corrected chi connectivity index (χ3v) is 3.93. The second kappa shape index (κ2) is 5.26. The number of carbonyl (C=O) groups is 2. The van der Waals surface area contributed by atoms with Gasteiger partial charge in [-0.15, -0.1) is 0 Å². The molecular weight excluding hydrogens is 256 g/mol. The standard InChI is InChI=1S/C14H20N4O2/c1-10(8-17-6-2-5-15-17)16-14(20)11-7-13(19)18(9-11)12-3-4-12/h2,5-6,10-12H,3-4,7-9H2,1H3,(H,16,20)/t10-,11+/m1/s1. The highest BCUT2D eigenvalue weighted by atomic mass is 16.2. The third-order valence-electron chi connectivity index (χ3n) is 3.93. The van der Waals surface area contributed by atoms with Gasteiger partial charge in [-0.1, -0.05) is 0 Å². The molecule has 20 heavy (non-hydrogen) atoms. The number of hydrogen-bond donors (Lipinski definition) is 1. The van der Waals surface area contributed by atoms with Crippen LogP contribution in [0.25, 0.3) is 0 Å². The molecule has 108 valence electrons. The Morgan fingerprint density at radius 2 is 2.35 bits per heavy atom. The van der Waals surface area contributed by atoms with Crippen molar-refractivity contribution in [3.63, 3.8) is 0 Å². The first-order valence-electron chi connectivity index (χ1n) is 7.21. The molecule has 0 radical (unpaired) electrons. The second-order valence-corrected chi connectivity index (χ2v) is 5.82. The minimum atomic E-state index is -0.192. The minimum absolute atomic E-state index is 0.00692. The molecule has 1 saturated heterocycles. The van der Waals surface area contributed by atoms with Crippen LogP contribution in [0.5, 0.6) is 0 Å². The molecule has 1 N–H and O–H groups in total. The zero-order valence-electron chi connectivity index (χ0n) is 11.7. The molecule has 2 aliphatic rings. The molecule has 0 aromatic carbocycles. The van der Waals surface area contributed by atoms with E-state index in [4.69, 9.17) is 0 Å². The lowest BCUT2D eigenvalue weighted by Gasteiger charge is -2.18. The van der Waals surface area contributed by atoms with Crippen LogP contribution in [-0.4, -0.2) is 45.1 Å². The Morgan fingerprint density at radius 3 is 3.00 bits per heavy atom. The quantitative estimate of drug-likeness (QED) is 0.846. The Bertz CT molecular complexity index is 495. The topological polar surface area (TPSA) is 67.2 Å². The molecule has 6 heteroatoms. The van der Waals surface area contributed by atoms with Crippen molar-refractivity contribution in [2.75, 3.05) is 6.54 Å². The maximum Gasteiger partial charge on any atom is 0.225 e. The third kappa shape index (κ3) is 2.84. The smallest absolute Gasteiger partial charge is 0.225 e. The van der Waals surface area contributed by atoms with Crippen molar-refractivity contribution >= 4 is 11.8 Å². The summed E-state index contributed by atoms with van der Waals surface area (Å²) >= 11 is 0. The predicted molar refractivity (Wildman–Crippen MR) is 72.7 cm³/mol. The highest BCUT2D eigenvalue weighted by Crippen LogP contribution is 2.32. The lowest BCUT2D eigenvalue weighted by molar-refractivity contribution is -0.129. The van der Waals surface area contributed by atoms with Gasteiger partial charge in [-0.3, -0.25) is 14.3 Å². The van der Waals surface area contributed by atoms with Crippen LogP contribution >= 0.6 is 0 Å². The molecule has 1 saturated carbocycles. The van der Waals surface area contributed by atoms with E-state index in [1.807, 2.05) is 24.1 Å². The fourth-order valence-corrected chi connectivity index (χ4v) is 2.74. The van der Waals surface area contributed by atoms with Crippen LogP contribution in [0.2, 0.25) is 0 Å². The van der Waals surface area contributed by atoms with Crippen molar-refractivity contribution in [2.45, 2.75) is 44.8 Å². The molecule has 6 nitrogen and oxygen atoms in total. The van der Waals surface area contributed by atoms with E-state index >= 15 is 0 Å². The SMILES string of the molecule is C[C@H](Cn1cccn1)NC(=O)[C@H]1CC(=O)N(C2CC2)C1. The summed E-state index contributed by atoms with van der Waals surface area (Å²) in [5, 5.41) is 7.10. The number of likely N-dealkylation sites (tertiary alicyclic amines) is 1. The summed E-state index contributed by atoms with van der Waals surface area (Å²) in [5.41, 5.74) is 0. The molecule has 2 heterocycles. The van der Waals surface area contributed by atoms with E-state index in [0.29, 0.717) is 25.6 Å². The van der Waals surface area contributed by atoms with Gasteiger partial charge in [-0.2, -0.15) is 5.10 Å². The van der Waals surface area contributed by atoms with Crippen LogP contribution in [0.4, 0.5) is 0 Å². The van der Waals surface area contributed by atoms with E-state index in [2.05, 4.69) is 10.4 Å². The van der Waals surface area contributed by atoms with E-state index < -0.39 is 0 Å². The number of nitrogens with one attached hydrogen (secondary N) is 1. The van der Waals surface area contributed by atoms with Gasteiger partial charge in [-0.25, -0.2) is 0 Å². The first-order valence-corrected chi connectivity index (χ1v) is 7.21. The molecule has 1 aromatic heterocycles. The molecule has 2 atom stereocenters. The molecule has 1 aromatic rings. The highest BCUT2D eigenvalue weighted by molar-refractivity contribution is 5.89. The van der Waals surface area contributed by atoms with E-state index in [1.54, 1.807) is 10.9 Å². The number of hydrogen-bond acceptors (Lipinski definition) is 3. The lowest BCUT2D eigenvalue weighted by Crippen LogP contribution is -2.40. The van der Waals surface area contributed by atoms with Gasteiger partial charge in [0, 0.05) is 37.4 Å². The number of carbonyl (C=O) groups excluding carboxylic acids is 2. The lowest BCUT2D eigenvalue weighted by atomic mass is 10.1. The molecule has 0 bridgehead atoms. The van der Waals surface area contributed by atoms with Crippen LogP contribution in [0.1, 0.15) is 26.2 Å². The van der Waals surface area contributed by atoms with E-state index in [9.17, 15) is 9.59 Å². The number of rotatable bonds is 5. The summed E-state index contributed by atoms with van der Waals surface area (Å²) in [6.07, 6.45) is 6.14. The normalized spacial score (nSPS) is 23.9. The molecule has 1 aliphatic heterocycles. The van der Waals surface area contributed by atoms with E-state index in [-0.39, 0.29) is 23.8 Å². The van der Waals surface area contributed by atoms with Crippen LogP contribution in [0.3, 0.4) is 0 Å².